The van der Waals surface area contributed by atoms with Crippen molar-refractivity contribution in [2.24, 2.45) is 0 Å². The second kappa shape index (κ2) is 22.6. The van der Waals surface area contributed by atoms with Crippen LogP contribution >= 0.6 is 0 Å². The summed E-state index contributed by atoms with van der Waals surface area (Å²) < 4.78 is 0. The third kappa shape index (κ3) is 21.6. The van der Waals surface area contributed by atoms with E-state index in [2.05, 4.69) is 6.92 Å². The minimum atomic E-state index is 0. The molecule has 20 heavy (non-hydrogen) atoms. The molecule has 0 amide bonds. The van der Waals surface area contributed by atoms with E-state index in [4.69, 9.17) is 0 Å². The number of carbonyl (C=O) groups is 1. The van der Waals surface area contributed by atoms with Crippen LogP contribution in [-0.2, 0) is 4.79 Å². The second-order valence-corrected chi connectivity index (χ2v) is 5.91. The van der Waals surface area contributed by atoms with Gasteiger partial charge in [0.2, 0.25) is 0 Å². The average molecular weight is 309 g/mol. The van der Waals surface area contributed by atoms with Crippen LogP contribution in [0.2, 0.25) is 0 Å². The Morgan fingerprint density at radius 2 is 0.850 bits per heavy atom. The number of hydrogen-bond acceptors (Lipinski definition) is 1. The normalized spacial score (nSPS) is 10.2. The second-order valence-electron chi connectivity index (χ2n) is 5.91. The molecule has 1 nitrogen and oxygen atoms in total. The van der Waals surface area contributed by atoms with Crippen molar-refractivity contribution in [3.63, 3.8) is 0 Å². The summed E-state index contributed by atoms with van der Waals surface area (Å²) in [6.45, 7) is 2.28. The summed E-state index contributed by atoms with van der Waals surface area (Å²) in [6, 6.07) is 0. The fraction of sp³-hybridized carbons (Fsp3) is 0.944. The first-order valence-corrected chi connectivity index (χ1v) is 8.85. The summed E-state index contributed by atoms with van der Waals surface area (Å²) in [5, 5.41) is 0. The molecule has 0 radical (unpaired) electrons. The van der Waals surface area contributed by atoms with Crippen LogP contribution < -0.4 is 0 Å². The van der Waals surface area contributed by atoms with Crippen LogP contribution in [-0.4, -0.2) is 57.7 Å². The van der Waals surface area contributed by atoms with Gasteiger partial charge in [-0.25, -0.2) is 0 Å². The molecule has 0 N–H and O–H groups in total. The molecule has 0 spiro atoms. The van der Waals surface area contributed by atoms with E-state index in [0.29, 0.717) is 0 Å². The first-order chi connectivity index (χ1) is 9.41. The molecule has 0 bridgehead atoms. The van der Waals surface area contributed by atoms with E-state index < -0.39 is 0 Å². The molecule has 0 aromatic rings. The van der Waals surface area contributed by atoms with Crippen LogP contribution in [0.1, 0.15) is 110 Å². The monoisotopic (exact) mass is 308 g/mol. The molecule has 0 aliphatic heterocycles. The fourth-order valence-electron chi connectivity index (χ4n) is 2.60. The SMILES string of the molecule is CCCCCCCCCCCCCCCCCC=O.[KH]. The molecule has 0 heterocycles. The Morgan fingerprint density at radius 1 is 0.550 bits per heavy atom. The van der Waals surface area contributed by atoms with Crippen molar-refractivity contribution in [3.8, 4) is 0 Å². The minimum absolute atomic E-state index is 0. The van der Waals surface area contributed by atoms with Gasteiger partial charge < -0.3 is 4.79 Å². The Hall–Kier alpha value is 1.31. The summed E-state index contributed by atoms with van der Waals surface area (Å²) in [7, 11) is 0. The molecule has 0 atom stereocenters. The van der Waals surface area contributed by atoms with Crippen molar-refractivity contribution in [2.75, 3.05) is 0 Å². The van der Waals surface area contributed by atoms with Gasteiger partial charge in [-0.3, -0.25) is 0 Å². The Kier molecular flexibility index (Phi) is 26.6. The molecule has 0 aliphatic rings. The fourth-order valence-corrected chi connectivity index (χ4v) is 2.60. The van der Waals surface area contributed by atoms with Crippen molar-refractivity contribution >= 4 is 57.7 Å². The van der Waals surface area contributed by atoms with Crippen molar-refractivity contribution in [1.82, 2.24) is 0 Å². The van der Waals surface area contributed by atoms with Gasteiger partial charge in [0.15, 0.2) is 0 Å². The van der Waals surface area contributed by atoms with Gasteiger partial charge in [0.25, 0.3) is 0 Å². The molecule has 0 aromatic carbocycles. The number of carbonyl (C=O) groups excluding carboxylic acids is 1. The molecule has 0 aromatic heterocycles. The van der Waals surface area contributed by atoms with Gasteiger partial charge in [0, 0.05) is 6.42 Å². The number of aldehydes is 1. The van der Waals surface area contributed by atoms with E-state index in [1.165, 1.54) is 89.9 Å². The van der Waals surface area contributed by atoms with Crippen LogP contribution in [0.15, 0.2) is 0 Å². The van der Waals surface area contributed by atoms with Gasteiger partial charge in [-0.2, -0.15) is 0 Å². The zero-order chi connectivity index (χ0) is 14.0. The van der Waals surface area contributed by atoms with E-state index in [0.717, 1.165) is 19.1 Å². The maximum absolute atomic E-state index is 10.1. The summed E-state index contributed by atoms with van der Waals surface area (Å²) in [4.78, 5) is 10.1. The van der Waals surface area contributed by atoms with E-state index in [1.807, 2.05) is 0 Å². The Bertz CT molecular complexity index is 171. The molecule has 0 saturated heterocycles. The summed E-state index contributed by atoms with van der Waals surface area (Å²) in [6.07, 6.45) is 22.6. The molecule has 0 aliphatic carbocycles. The van der Waals surface area contributed by atoms with Crippen LogP contribution in [0.25, 0.3) is 0 Å². The van der Waals surface area contributed by atoms with E-state index in [9.17, 15) is 4.79 Å². The van der Waals surface area contributed by atoms with E-state index >= 15 is 0 Å². The van der Waals surface area contributed by atoms with Gasteiger partial charge in [0.1, 0.15) is 6.29 Å². The topological polar surface area (TPSA) is 17.1 Å². The predicted molar refractivity (Wildman–Crippen MR) is 92.8 cm³/mol. The molecule has 0 fully saturated rings. The van der Waals surface area contributed by atoms with Gasteiger partial charge in [-0.1, -0.05) is 96.8 Å². The Morgan fingerprint density at radius 3 is 1.15 bits per heavy atom. The average Bonchev–Trinajstić information content (AvgIpc) is 2.43. The molecular formula is C18H37KO. The first kappa shape index (κ1) is 23.6. The molecule has 116 valence electrons. The van der Waals surface area contributed by atoms with Gasteiger partial charge in [0.05, 0.1) is 0 Å². The van der Waals surface area contributed by atoms with E-state index in [1.54, 1.807) is 0 Å². The quantitative estimate of drug-likeness (QED) is 0.200. The summed E-state index contributed by atoms with van der Waals surface area (Å²) in [5.74, 6) is 0. The van der Waals surface area contributed by atoms with Gasteiger partial charge >= 0.3 is 51.4 Å². The van der Waals surface area contributed by atoms with Crippen molar-refractivity contribution in [3.05, 3.63) is 0 Å². The number of rotatable bonds is 16. The van der Waals surface area contributed by atoms with Crippen LogP contribution in [0, 0.1) is 0 Å². The Labute approximate surface area is 170 Å². The first-order valence-electron chi connectivity index (χ1n) is 8.85. The summed E-state index contributed by atoms with van der Waals surface area (Å²) >= 11 is 0. The molecule has 2 heteroatoms. The van der Waals surface area contributed by atoms with Crippen molar-refractivity contribution < 1.29 is 4.79 Å². The predicted octanol–water partition coefficient (Wildman–Crippen LogP) is 5.80. The number of hydrogen-bond donors (Lipinski definition) is 0. The van der Waals surface area contributed by atoms with Crippen molar-refractivity contribution in [1.29, 1.82) is 0 Å². The third-order valence-electron chi connectivity index (χ3n) is 3.93. The molecule has 0 rings (SSSR count). The summed E-state index contributed by atoms with van der Waals surface area (Å²) in [5.41, 5.74) is 0. The van der Waals surface area contributed by atoms with Crippen LogP contribution in [0.3, 0.4) is 0 Å². The zero-order valence-corrected chi connectivity index (χ0v) is 13.3. The molecule has 0 unspecified atom stereocenters. The molecular weight excluding hydrogens is 271 g/mol. The standard InChI is InChI=1S/C18H36O.K.H/c1-2-3-4-5-6-7-8-9-10-11-12-13-14-15-16-17-18-19;;/h18H,2-17H2,1H3;;. The zero-order valence-electron chi connectivity index (χ0n) is 13.3. The number of unbranched alkanes of at least 4 members (excludes halogenated alkanes) is 15. The van der Waals surface area contributed by atoms with Gasteiger partial charge in [-0.15, -0.1) is 0 Å². The van der Waals surface area contributed by atoms with Crippen molar-refractivity contribution in [2.45, 2.75) is 110 Å². The van der Waals surface area contributed by atoms with E-state index in [-0.39, 0.29) is 51.4 Å². The third-order valence-corrected chi connectivity index (χ3v) is 3.93. The van der Waals surface area contributed by atoms with Crippen LogP contribution in [0.4, 0.5) is 0 Å². The van der Waals surface area contributed by atoms with Crippen LogP contribution in [0.5, 0.6) is 0 Å². The Balaban J connectivity index is 0. The van der Waals surface area contributed by atoms with Gasteiger partial charge in [-0.05, 0) is 6.42 Å². The maximum atomic E-state index is 10.1. The molecule has 0 saturated carbocycles.